The van der Waals surface area contributed by atoms with Gasteiger partial charge in [0.1, 0.15) is 18.3 Å². The highest BCUT2D eigenvalue weighted by Gasteiger charge is 2.63. The van der Waals surface area contributed by atoms with Gasteiger partial charge in [0.2, 0.25) is 5.12 Å². The van der Waals surface area contributed by atoms with Gasteiger partial charge in [-0.15, -0.1) is 0 Å². The van der Waals surface area contributed by atoms with E-state index in [1.165, 1.54) is 0 Å². The molecule has 1 saturated heterocycles. The Bertz CT molecular complexity index is 950. The first-order valence-electron chi connectivity index (χ1n) is 8.93. The lowest BCUT2D eigenvalue weighted by atomic mass is 9.95. The van der Waals surface area contributed by atoms with Gasteiger partial charge in [0, 0.05) is 18.0 Å². The van der Waals surface area contributed by atoms with Crippen molar-refractivity contribution in [2.24, 2.45) is 0 Å². The minimum Gasteiger partial charge on any atom is -0.384 e. The lowest BCUT2D eigenvalue weighted by Gasteiger charge is -2.27. The van der Waals surface area contributed by atoms with Gasteiger partial charge >= 0.3 is 13.9 Å². The maximum absolute atomic E-state index is 15.2. The molecule has 31 heavy (non-hydrogen) atoms. The molecule has 0 radical (unpaired) electrons. The summed E-state index contributed by atoms with van der Waals surface area (Å²) >= 11 is 2.98. The number of aromatic amines is 1. The molecular formula is C16H23FIN2O9PS. The largest absolute Gasteiger partial charge is 0.384 e. The third-order valence-electron chi connectivity index (χ3n) is 4.28. The lowest BCUT2D eigenvalue weighted by Crippen LogP contribution is -2.49. The fourth-order valence-corrected chi connectivity index (χ4v) is 4.61. The Kier molecular flexibility index (Phi) is 8.69. The van der Waals surface area contributed by atoms with Crippen LogP contribution in [-0.4, -0.2) is 64.8 Å². The third-order valence-corrected chi connectivity index (χ3v) is 7.10. The van der Waals surface area contributed by atoms with Crippen molar-refractivity contribution < 1.29 is 37.7 Å². The van der Waals surface area contributed by atoms with Crippen LogP contribution in [0, 0.1) is 0 Å². The summed E-state index contributed by atoms with van der Waals surface area (Å²) < 4.78 is 42.0. The standard InChI is InChI=1S/C16H23FIN2O9PS/c1-14(2,18)12(23)31-7-6-27-30(26)28-8-16(17)10(22)15(3,25)11(29-16)20-5-4-9(21)19-13(20)24/h4-5,10-11,22,25,30H,6-8H2,1-3H3,(H,19,21,24)/t10-,11+,15+,16+/m0/s1. The van der Waals surface area contributed by atoms with Gasteiger partial charge in [-0.25, -0.2) is 9.18 Å². The van der Waals surface area contributed by atoms with E-state index in [1.54, 1.807) is 13.8 Å². The highest BCUT2D eigenvalue weighted by atomic mass is 127. The third kappa shape index (κ3) is 6.47. The van der Waals surface area contributed by atoms with Crippen molar-refractivity contribution in [1.29, 1.82) is 0 Å². The van der Waals surface area contributed by atoms with E-state index in [1.807, 2.05) is 27.6 Å². The maximum Gasteiger partial charge on any atom is 0.330 e. The first kappa shape index (κ1) is 26.6. The van der Waals surface area contributed by atoms with Crippen LogP contribution in [0.4, 0.5) is 4.39 Å². The Morgan fingerprint density at radius 1 is 1.48 bits per heavy atom. The monoisotopic (exact) mass is 596 g/mol. The van der Waals surface area contributed by atoms with E-state index < -0.39 is 53.3 Å². The van der Waals surface area contributed by atoms with Crippen molar-refractivity contribution in [2.75, 3.05) is 19.0 Å². The zero-order chi connectivity index (χ0) is 23.6. The van der Waals surface area contributed by atoms with Crippen LogP contribution in [0.5, 0.6) is 0 Å². The Balaban J connectivity index is 1.95. The number of halogens is 2. The summed E-state index contributed by atoms with van der Waals surface area (Å²) in [6.45, 7) is 3.35. The average Bonchev–Trinajstić information content (AvgIpc) is 2.83. The Morgan fingerprint density at radius 2 is 2.13 bits per heavy atom. The fraction of sp³-hybridized carbons (Fsp3) is 0.688. The van der Waals surface area contributed by atoms with E-state index in [4.69, 9.17) is 13.8 Å². The van der Waals surface area contributed by atoms with Crippen LogP contribution >= 0.6 is 42.6 Å². The van der Waals surface area contributed by atoms with Gasteiger partial charge < -0.3 is 24.0 Å². The van der Waals surface area contributed by atoms with E-state index >= 15 is 4.39 Å². The number of aliphatic hydroxyl groups excluding tert-OH is 1. The van der Waals surface area contributed by atoms with Gasteiger partial charge in [-0.05, 0) is 20.8 Å². The lowest BCUT2D eigenvalue weighted by molar-refractivity contribution is -0.203. The number of nitrogens with one attached hydrogen (secondary N) is 1. The van der Waals surface area contributed by atoms with Crippen molar-refractivity contribution >= 4 is 47.7 Å². The molecule has 1 aromatic rings. The second-order valence-corrected chi connectivity index (χ2v) is 12.2. The quantitative estimate of drug-likeness (QED) is 0.161. The molecule has 1 unspecified atom stereocenters. The predicted molar refractivity (Wildman–Crippen MR) is 118 cm³/mol. The van der Waals surface area contributed by atoms with Crippen LogP contribution in [0.1, 0.15) is 27.0 Å². The van der Waals surface area contributed by atoms with E-state index in [0.29, 0.717) is 4.57 Å². The molecule has 0 bridgehead atoms. The molecule has 0 aliphatic carbocycles. The van der Waals surface area contributed by atoms with Crippen LogP contribution in [0.3, 0.4) is 0 Å². The zero-order valence-corrected chi connectivity index (χ0v) is 20.8. The van der Waals surface area contributed by atoms with Gasteiger partial charge in [0.05, 0.1) is 10.0 Å². The summed E-state index contributed by atoms with van der Waals surface area (Å²) in [4.78, 5) is 36.8. The number of alkyl halides is 2. The number of ether oxygens (including phenoxy) is 1. The van der Waals surface area contributed by atoms with Crippen LogP contribution in [0.15, 0.2) is 21.9 Å². The molecular weight excluding hydrogens is 573 g/mol. The molecule has 5 atom stereocenters. The van der Waals surface area contributed by atoms with Crippen molar-refractivity contribution in [3.63, 3.8) is 0 Å². The fourth-order valence-electron chi connectivity index (χ4n) is 2.63. The number of carbonyl (C=O) groups is 1. The molecule has 0 aromatic carbocycles. The molecule has 15 heteroatoms. The molecule has 1 aliphatic rings. The van der Waals surface area contributed by atoms with Gasteiger partial charge in [-0.3, -0.25) is 23.7 Å². The molecule has 0 spiro atoms. The molecule has 2 rings (SSSR count). The summed E-state index contributed by atoms with van der Waals surface area (Å²) in [6, 6.07) is 0.955. The smallest absolute Gasteiger partial charge is 0.330 e. The van der Waals surface area contributed by atoms with Gasteiger partial charge in [0.15, 0.2) is 6.23 Å². The minimum atomic E-state index is -3.21. The van der Waals surface area contributed by atoms with E-state index in [-0.39, 0.29) is 17.5 Å². The second kappa shape index (κ2) is 10.1. The van der Waals surface area contributed by atoms with Crippen molar-refractivity contribution in [3.8, 4) is 0 Å². The van der Waals surface area contributed by atoms with Crippen LogP contribution in [0.2, 0.25) is 0 Å². The molecule has 1 fully saturated rings. The molecule has 2 heterocycles. The maximum atomic E-state index is 15.2. The van der Waals surface area contributed by atoms with E-state index in [0.717, 1.165) is 30.9 Å². The van der Waals surface area contributed by atoms with Crippen molar-refractivity contribution in [2.45, 2.75) is 48.0 Å². The summed E-state index contributed by atoms with van der Waals surface area (Å²) in [5.41, 5.74) is -4.00. The van der Waals surface area contributed by atoms with Gasteiger partial charge in [-0.2, -0.15) is 0 Å². The summed E-state index contributed by atoms with van der Waals surface area (Å²) in [7, 11) is -3.21. The summed E-state index contributed by atoms with van der Waals surface area (Å²) in [5, 5.41) is 20.6. The van der Waals surface area contributed by atoms with E-state index in [2.05, 4.69) is 0 Å². The average molecular weight is 596 g/mol. The first-order valence-corrected chi connectivity index (χ1v) is 12.2. The number of carbonyl (C=O) groups excluding carboxylic acids is 1. The number of hydrogen-bond acceptors (Lipinski definition) is 10. The molecule has 11 nitrogen and oxygen atoms in total. The minimum absolute atomic E-state index is 0.0896. The molecule has 176 valence electrons. The Morgan fingerprint density at radius 3 is 2.71 bits per heavy atom. The van der Waals surface area contributed by atoms with Crippen LogP contribution in [-0.2, 0) is 23.1 Å². The summed E-state index contributed by atoms with van der Waals surface area (Å²) in [5.74, 6) is -2.82. The van der Waals surface area contributed by atoms with E-state index in [9.17, 15) is 29.2 Å². The second-order valence-electron chi connectivity index (χ2n) is 7.40. The molecule has 0 saturated carbocycles. The molecule has 1 aromatic heterocycles. The molecule has 3 N–H and O–H groups in total. The molecule has 1 aliphatic heterocycles. The normalized spacial score (nSPS) is 29.8. The topological polar surface area (TPSA) is 157 Å². The predicted octanol–water partition coefficient (Wildman–Crippen LogP) is 0.739. The SMILES string of the molecule is CC(C)(I)C(=O)SCCO[PH](=O)OC[C@@]1(F)O[C@@H](n2ccc(=O)[nH]c2=O)[C@](C)(O)[C@@H]1O. The number of aromatic nitrogens is 2. The van der Waals surface area contributed by atoms with Gasteiger partial charge in [-0.1, -0.05) is 34.4 Å². The number of nitrogens with zero attached hydrogens (tertiary/aromatic N) is 1. The number of H-pyrrole nitrogens is 1. The zero-order valence-electron chi connectivity index (χ0n) is 16.8. The Hall–Kier alpha value is -0.610. The number of rotatable bonds is 9. The number of thioether (sulfide) groups is 1. The van der Waals surface area contributed by atoms with Crippen molar-refractivity contribution in [1.82, 2.24) is 9.55 Å². The van der Waals surface area contributed by atoms with Crippen LogP contribution < -0.4 is 11.2 Å². The Labute approximate surface area is 194 Å². The van der Waals surface area contributed by atoms with Gasteiger partial charge in [0.25, 0.3) is 11.4 Å². The highest BCUT2D eigenvalue weighted by molar-refractivity contribution is 14.1. The number of aliphatic hydroxyl groups is 2. The molecule has 0 amide bonds. The first-order chi connectivity index (χ1) is 14.2. The highest BCUT2D eigenvalue weighted by Crippen LogP contribution is 2.45. The van der Waals surface area contributed by atoms with Crippen LogP contribution in [0.25, 0.3) is 0 Å². The van der Waals surface area contributed by atoms with Crippen molar-refractivity contribution in [3.05, 3.63) is 33.1 Å². The summed E-state index contributed by atoms with van der Waals surface area (Å²) in [6.07, 6.45) is -2.91. The number of hydrogen-bond donors (Lipinski definition) is 3.